The van der Waals surface area contributed by atoms with Crippen LogP contribution in [0.3, 0.4) is 0 Å². The first-order valence-corrected chi connectivity index (χ1v) is 4.78. The molecule has 0 aliphatic rings. The van der Waals surface area contributed by atoms with Gasteiger partial charge < -0.3 is 0 Å². The van der Waals surface area contributed by atoms with Crippen LogP contribution in [0.2, 0.25) is 0 Å². The SMILES string of the molecule is Cl.SC=CCCCc1ccccc1. The summed E-state index contributed by atoms with van der Waals surface area (Å²) >= 11 is 4.00. The number of unbranched alkanes of at least 4 members (excludes halogenated alkanes) is 1. The quantitative estimate of drug-likeness (QED) is 0.571. The van der Waals surface area contributed by atoms with E-state index >= 15 is 0 Å². The summed E-state index contributed by atoms with van der Waals surface area (Å²) < 4.78 is 0. The van der Waals surface area contributed by atoms with Gasteiger partial charge in [0.2, 0.25) is 0 Å². The third-order valence-corrected chi connectivity index (χ3v) is 2.00. The van der Waals surface area contributed by atoms with Gasteiger partial charge in [-0.15, -0.1) is 12.4 Å². The van der Waals surface area contributed by atoms with E-state index in [1.165, 1.54) is 18.4 Å². The van der Waals surface area contributed by atoms with E-state index in [2.05, 4.69) is 49.0 Å². The van der Waals surface area contributed by atoms with Gasteiger partial charge in [0.25, 0.3) is 0 Å². The zero-order valence-corrected chi connectivity index (χ0v) is 9.23. The van der Waals surface area contributed by atoms with Crippen molar-refractivity contribution in [3.05, 3.63) is 47.4 Å². The van der Waals surface area contributed by atoms with E-state index in [1.54, 1.807) is 0 Å². The predicted molar refractivity (Wildman–Crippen MR) is 64.8 cm³/mol. The molecule has 0 aliphatic carbocycles. The minimum Gasteiger partial charge on any atom is -0.152 e. The maximum Gasteiger partial charge on any atom is -0.0276 e. The summed E-state index contributed by atoms with van der Waals surface area (Å²) in [6, 6.07) is 10.6. The number of halogens is 1. The summed E-state index contributed by atoms with van der Waals surface area (Å²) in [5.74, 6) is 0. The minimum atomic E-state index is 0. The van der Waals surface area contributed by atoms with Crippen molar-refractivity contribution in [2.45, 2.75) is 19.3 Å². The molecular weight excluding hydrogens is 200 g/mol. The Hall–Kier alpha value is -0.400. The van der Waals surface area contributed by atoms with Crippen LogP contribution in [0, 0.1) is 0 Å². The molecule has 0 aromatic heterocycles. The fraction of sp³-hybridized carbons (Fsp3) is 0.273. The number of thiol groups is 1. The van der Waals surface area contributed by atoms with Gasteiger partial charge >= 0.3 is 0 Å². The summed E-state index contributed by atoms with van der Waals surface area (Å²) in [6.45, 7) is 0. The van der Waals surface area contributed by atoms with Crippen molar-refractivity contribution in [2.75, 3.05) is 0 Å². The molecule has 13 heavy (non-hydrogen) atoms. The maximum atomic E-state index is 4.00. The number of allylic oxidation sites excluding steroid dienone is 1. The van der Waals surface area contributed by atoms with E-state index in [1.807, 2.05) is 5.41 Å². The van der Waals surface area contributed by atoms with Crippen LogP contribution < -0.4 is 0 Å². The Morgan fingerprint density at radius 3 is 2.46 bits per heavy atom. The topological polar surface area (TPSA) is 0 Å². The first-order valence-electron chi connectivity index (χ1n) is 4.26. The van der Waals surface area contributed by atoms with Gasteiger partial charge in [-0.3, -0.25) is 0 Å². The van der Waals surface area contributed by atoms with Crippen LogP contribution in [0.4, 0.5) is 0 Å². The Kier molecular flexibility index (Phi) is 7.96. The lowest BCUT2D eigenvalue weighted by Crippen LogP contribution is -1.82. The number of rotatable bonds is 4. The normalized spacial score (nSPS) is 9.92. The lowest BCUT2D eigenvalue weighted by atomic mass is 10.1. The van der Waals surface area contributed by atoms with Crippen LogP contribution in [0.15, 0.2) is 41.8 Å². The second-order valence-corrected chi connectivity index (χ2v) is 3.06. The summed E-state index contributed by atoms with van der Waals surface area (Å²) in [7, 11) is 0. The predicted octanol–water partition coefficient (Wildman–Crippen LogP) is 3.87. The lowest BCUT2D eigenvalue weighted by Gasteiger charge is -1.97. The van der Waals surface area contributed by atoms with Crippen LogP contribution in [0.1, 0.15) is 18.4 Å². The average Bonchev–Trinajstić information content (AvgIpc) is 2.14. The van der Waals surface area contributed by atoms with Gasteiger partial charge in [-0.25, -0.2) is 0 Å². The molecule has 0 radical (unpaired) electrons. The van der Waals surface area contributed by atoms with Crippen LogP contribution in [-0.4, -0.2) is 0 Å². The summed E-state index contributed by atoms with van der Waals surface area (Å²) in [6.07, 6.45) is 5.59. The van der Waals surface area contributed by atoms with Gasteiger partial charge in [0.15, 0.2) is 0 Å². The van der Waals surface area contributed by atoms with E-state index in [4.69, 9.17) is 0 Å². The molecule has 0 aliphatic heterocycles. The molecule has 0 nitrogen and oxygen atoms in total. The van der Waals surface area contributed by atoms with Crippen molar-refractivity contribution in [1.82, 2.24) is 0 Å². The molecule has 2 heteroatoms. The van der Waals surface area contributed by atoms with Gasteiger partial charge in [0.05, 0.1) is 0 Å². The number of hydrogen-bond acceptors (Lipinski definition) is 1. The largest absolute Gasteiger partial charge is 0.152 e. The molecule has 1 aromatic carbocycles. The van der Waals surface area contributed by atoms with E-state index in [0.29, 0.717) is 0 Å². The number of aryl methyl sites for hydroxylation is 1. The molecule has 1 rings (SSSR count). The van der Waals surface area contributed by atoms with Crippen LogP contribution in [-0.2, 0) is 6.42 Å². The van der Waals surface area contributed by atoms with Crippen LogP contribution in [0.25, 0.3) is 0 Å². The molecule has 0 fully saturated rings. The molecule has 0 saturated heterocycles. The van der Waals surface area contributed by atoms with Crippen molar-refractivity contribution in [3.63, 3.8) is 0 Å². The summed E-state index contributed by atoms with van der Waals surface area (Å²) in [5, 5.41) is 1.81. The molecule has 0 atom stereocenters. The summed E-state index contributed by atoms with van der Waals surface area (Å²) in [5.41, 5.74) is 1.42. The molecule has 0 N–H and O–H groups in total. The molecule has 0 saturated carbocycles. The highest BCUT2D eigenvalue weighted by atomic mass is 35.5. The van der Waals surface area contributed by atoms with E-state index in [0.717, 1.165) is 6.42 Å². The van der Waals surface area contributed by atoms with Crippen LogP contribution in [0.5, 0.6) is 0 Å². The Morgan fingerprint density at radius 1 is 1.15 bits per heavy atom. The molecule has 0 heterocycles. The number of benzene rings is 1. The molecule has 0 unspecified atom stereocenters. The zero-order valence-electron chi connectivity index (χ0n) is 7.52. The van der Waals surface area contributed by atoms with Gasteiger partial charge in [-0.05, 0) is 30.2 Å². The Morgan fingerprint density at radius 2 is 1.85 bits per heavy atom. The van der Waals surface area contributed by atoms with Crippen molar-refractivity contribution in [3.8, 4) is 0 Å². The Labute approximate surface area is 91.9 Å². The Balaban J connectivity index is 0.00000144. The van der Waals surface area contributed by atoms with Gasteiger partial charge in [0.1, 0.15) is 0 Å². The molecular formula is C11H15ClS. The average molecular weight is 215 g/mol. The molecule has 72 valence electrons. The van der Waals surface area contributed by atoms with Gasteiger partial charge in [-0.2, -0.15) is 12.6 Å². The van der Waals surface area contributed by atoms with Crippen molar-refractivity contribution >= 4 is 25.0 Å². The highest BCUT2D eigenvalue weighted by molar-refractivity contribution is 7.83. The van der Waals surface area contributed by atoms with E-state index < -0.39 is 0 Å². The second-order valence-electron chi connectivity index (χ2n) is 2.76. The maximum absolute atomic E-state index is 4.00. The fourth-order valence-electron chi connectivity index (χ4n) is 1.14. The van der Waals surface area contributed by atoms with E-state index in [-0.39, 0.29) is 12.4 Å². The highest BCUT2D eigenvalue weighted by Crippen LogP contribution is 2.04. The Bertz CT molecular complexity index is 231. The summed E-state index contributed by atoms with van der Waals surface area (Å²) in [4.78, 5) is 0. The van der Waals surface area contributed by atoms with Crippen LogP contribution >= 0.6 is 25.0 Å². The van der Waals surface area contributed by atoms with Gasteiger partial charge in [-0.1, -0.05) is 36.4 Å². The standard InChI is InChI=1S/C11H14S.ClH/c12-10-6-2-5-9-11-7-3-1-4-8-11;/h1,3-4,6-8,10,12H,2,5,9H2;1H. The molecule has 1 aromatic rings. The highest BCUT2D eigenvalue weighted by Gasteiger charge is 1.88. The first-order chi connectivity index (χ1) is 5.93. The van der Waals surface area contributed by atoms with Gasteiger partial charge in [0, 0.05) is 0 Å². The zero-order chi connectivity index (χ0) is 8.65. The third kappa shape index (κ3) is 5.78. The molecule has 0 bridgehead atoms. The third-order valence-electron chi connectivity index (χ3n) is 1.78. The van der Waals surface area contributed by atoms with Crippen molar-refractivity contribution in [2.24, 2.45) is 0 Å². The molecule has 0 spiro atoms. The molecule has 0 amide bonds. The second kappa shape index (κ2) is 8.21. The van der Waals surface area contributed by atoms with E-state index in [9.17, 15) is 0 Å². The monoisotopic (exact) mass is 214 g/mol. The van der Waals surface area contributed by atoms with Crippen molar-refractivity contribution < 1.29 is 0 Å². The first kappa shape index (κ1) is 12.6. The smallest absolute Gasteiger partial charge is 0.0276 e. The fourth-order valence-corrected chi connectivity index (χ4v) is 1.29. The van der Waals surface area contributed by atoms with Crippen molar-refractivity contribution in [1.29, 1.82) is 0 Å². The number of hydrogen-bond donors (Lipinski definition) is 1. The minimum absolute atomic E-state index is 0. The lowest BCUT2D eigenvalue weighted by molar-refractivity contribution is 0.844.